The molecule has 15 heteroatoms. The van der Waals surface area contributed by atoms with Gasteiger partial charge in [0.05, 0.1) is 10.8 Å². The molecule has 34 heavy (non-hydrogen) atoms. The number of methoxy groups -OCH3 is 1. The van der Waals surface area contributed by atoms with Crippen LogP contribution in [-0.4, -0.2) is 74.3 Å². The minimum atomic E-state index is -2.58. The standard InChI is InChI=1S/C19H17F3N2O8S2/c1-8(25)32-5-9-6-33-18-19(31-2,17(29)24(18)14(9)16(27)28)23-13(26)7-34(30)15-11(21)3-10(20)4-12(15)22/h3-4,18H,5-7H2,1-2H3,(H,23,26)(H,27,28)/t18-,19-,34?/m0/s1. The summed E-state index contributed by atoms with van der Waals surface area (Å²) >= 11 is 1.01. The number of benzene rings is 1. The zero-order chi connectivity index (χ0) is 25.4. The molecule has 0 radical (unpaired) electrons. The third-order valence-electron chi connectivity index (χ3n) is 4.86. The highest BCUT2D eigenvalue weighted by molar-refractivity contribution is 8.00. The van der Waals surface area contributed by atoms with Gasteiger partial charge in [0, 0.05) is 37.5 Å². The van der Waals surface area contributed by atoms with Crippen LogP contribution < -0.4 is 5.32 Å². The molecule has 1 saturated heterocycles. The van der Waals surface area contributed by atoms with E-state index in [0.717, 1.165) is 30.7 Å². The van der Waals surface area contributed by atoms with Crippen molar-refractivity contribution in [3.05, 3.63) is 40.9 Å². The van der Waals surface area contributed by atoms with Crippen LogP contribution in [0.25, 0.3) is 0 Å². The van der Waals surface area contributed by atoms with Gasteiger partial charge < -0.3 is 19.9 Å². The minimum absolute atomic E-state index is 0.0161. The van der Waals surface area contributed by atoms with Crippen LogP contribution in [0, 0.1) is 17.5 Å². The number of aliphatic carboxylic acids is 1. The summed E-state index contributed by atoms with van der Waals surface area (Å²) in [6, 6.07) is 0.619. The molecule has 10 nitrogen and oxygen atoms in total. The van der Waals surface area contributed by atoms with Gasteiger partial charge in [0.25, 0.3) is 11.6 Å². The lowest BCUT2D eigenvalue weighted by atomic mass is 9.98. The van der Waals surface area contributed by atoms with Gasteiger partial charge in [0.1, 0.15) is 45.8 Å². The molecular weight excluding hydrogens is 505 g/mol. The highest BCUT2D eigenvalue weighted by atomic mass is 32.2. The lowest BCUT2D eigenvalue weighted by Crippen LogP contribution is -2.81. The van der Waals surface area contributed by atoms with Crippen molar-refractivity contribution in [1.82, 2.24) is 10.2 Å². The van der Waals surface area contributed by atoms with Crippen LogP contribution in [0.1, 0.15) is 6.92 Å². The van der Waals surface area contributed by atoms with Gasteiger partial charge in [-0.3, -0.25) is 23.5 Å². The van der Waals surface area contributed by atoms with E-state index in [2.05, 4.69) is 5.32 Å². The first-order valence-corrected chi connectivity index (χ1v) is 11.7. The van der Waals surface area contributed by atoms with E-state index < -0.39 is 79.4 Å². The Morgan fingerprint density at radius 3 is 2.44 bits per heavy atom. The van der Waals surface area contributed by atoms with Crippen molar-refractivity contribution >= 4 is 46.3 Å². The molecule has 0 bridgehead atoms. The predicted molar refractivity (Wildman–Crippen MR) is 110 cm³/mol. The fourth-order valence-corrected chi connectivity index (χ4v) is 5.85. The van der Waals surface area contributed by atoms with Gasteiger partial charge in [-0.2, -0.15) is 0 Å². The Labute approximate surface area is 196 Å². The van der Waals surface area contributed by atoms with Gasteiger partial charge in [0.15, 0.2) is 0 Å². The van der Waals surface area contributed by atoms with Crippen LogP contribution >= 0.6 is 11.8 Å². The van der Waals surface area contributed by atoms with E-state index in [1.54, 1.807) is 0 Å². The Morgan fingerprint density at radius 2 is 1.91 bits per heavy atom. The summed E-state index contributed by atoms with van der Waals surface area (Å²) in [5, 5.41) is 10.8. The lowest BCUT2D eigenvalue weighted by Gasteiger charge is -2.55. The van der Waals surface area contributed by atoms with Gasteiger partial charge >= 0.3 is 11.9 Å². The average Bonchev–Trinajstić information content (AvgIpc) is 2.73. The van der Waals surface area contributed by atoms with E-state index >= 15 is 0 Å². The summed E-state index contributed by atoms with van der Waals surface area (Å²) in [6.07, 6.45) is 0. The first-order valence-electron chi connectivity index (χ1n) is 9.36. The zero-order valence-corrected chi connectivity index (χ0v) is 19.2. The first kappa shape index (κ1) is 25.7. The van der Waals surface area contributed by atoms with E-state index in [1.807, 2.05) is 0 Å². The van der Waals surface area contributed by atoms with E-state index in [-0.39, 0.29) is 17.9 Å². The Balaban J connectivity index is 1.80. The Kier molecular flexibility index (Phi) is 7.38. The van der Waals surface area contributed by atoms with Crippen molar-refractivity contribution in [2.24, 2.45) is 0 Å². The second-order valence-corrected chi connectivity index (χ2v) is 9.51. The van der Waals surface area contributed by atoms with E-state index in [9.17, 15) is 41.7 Å². The Morgan fingerprint density at radius 1 is 1.29 bits per heavy atom. The van der Waals surface area contributed by atoms with Crippen LogP contribution in [0.15, 0.2) is 28.3 Å². The number of carboxylic acid groups (broad SMARTS) is 1. The molecule has 184 valence electrons. The van der Waals surface area contributed by atoms with Gasteiger partial charge in [-0.1, -0.05) is 0 Å². The second kappa shape index (κ2) is 9.76. The van der Waals surface area contributed by atoms with Crippen molar-refractivity contribution in [2.45, 2.75) is 22.9 Å². The van der Waals surface area contributed by atoms with E-state index in [0.29, 0.717) is 12.1 Å². The average molecular weight is 522 g/mol. The van der Waals surface area contributed by atoms with Crippen molar-refractivity contribution in [3.63, 3.8) is 0 Å². The fraction of sp³-hybridized carbons (Fsp3) is 0.368. The number of halogens is 3. The number of hydrogen-bond donors (Lipinski definition) is 2. The normalized spacial score (nSPS) is 22.6. The maximum Gasteiger partial charge on any atom is 0.352 e. The van der Waals surface area contributed by atoms with Crippen LogP contribution in [0.3, 0.4) is 0 Å². The highest BCUT2D eigenvalue weighted by Gasteiger charge is 2.66. The van der Waals surface area contributed by atoms with Crippen LogP contribution in [-0.2, 0) is 39.5 Å². The van der Waals surface area contributed by atoms with Gasteiger partial charge in [-0.05, 0) is 0 Å². The molecule has 0 spiro atoms. The molecule has 1 unspecified atom stereocenters. The molecule has 0 aliphatic carbocycles. The number of β-lactam (4-membered cyclic amide) rings is 1. The number of carbonyl (C=O) groups is 4. The quantitative estimate of drug-likeness (QED) is 0.284. The van der Waals surface area contributed by atoms with Crippen LogP contribution in [0.5, 0.6) is 0 Å². The number of hydrogen-bond acceptors (Lipinski definition) is 8. The van der Waals surface area contributed by atoms with E-state index in [1.165, 1.54) is 0 Å². The number of ether oxygens (including phenoxy) is 2. The number of esters is 1. The second-order valence-electron chi connectivity index (χ2n) is 7.05. The topological polar surface area (TPSA) is 139 Å². The molecular formula is C19H17F3N2O8S2. The molecule has 2 heterocycles. The molecule has 0 saturated carbocycles. The molecule has 1 fully saturated rings. The largest absolute Gasteiger partial charge is 0.477 e. The number of nitrogens with one attached hydrogen (secondary N) is 1. The fourth-order valence-electron chi connectivity index (χ4n) is 3.42. The van der Waals surface area contributed by atoms with Crippen LogP contribution in [0.4, 0.5) is 13.2 Å². The Bertz CT molecular complexity index is 1120. The SMILES string of the molecule is CO[C@@]1(NC(=O)CS(=O)c2c(F)cc(F)cc2F)C(=O)N2C(C(=O)O)=C(COC(C)=O)CS[C@H]21. The number of carbonyl (C=O) groups excluding carboxylic acids is 3. The smallest absolute Gasteiger partial charge is 0.352 e. The number of nitrogens with zero attached hydrogens (tertiary/aromatic N) is 1. The summed E-state index contributed by atoms with van der Waals surface area (Å²) in [7, 11) is -1.50. The highest BCUT2D eigenvalue weighted by Crippen LogP contribution is 2.46. The number of carboxylic acids is 1. The third kappa shape index (κ3) is 4.54. The number of fused-ring (bicyclic) bond motifs is 1. The van der Waals surface area contributed by atoms with Crippen LogP contribution in [0.2, 0.25) is 0 Å². The summed E-state index contributed by atoms with van der Waals surface area (Å²) < 4.78 is 63.2. The maximum absolute atomic E-state index is 13.9. The molecule has 2 N–H and O–H groups in total. The van der Waals surface area contributed by atoms with Crippen molar-refractivity contribution in [2.75, 3.05) is 25.2 Å². The number of thioether (sulfide) groups is 1. The predicted octanol–water partition coefficient (Wildman–Crippen LogP) is 0.487. The Hall–Kier alpha value is -2.91. The third-order valence-corrected chi connectivity index (χ3v) is 7.61. The van der Waals surface area contributed by atoms with Crippen molar-refractivity contribution < 1.29 is 51.1 Å². The van der Waals surface area contributed by atoms with Crippen molar-refractivity contribution in [1.29, 1.82) is 0 Å². The number of rotatable bonds is 8. The molecule has 0 aromatic heterocycles. The summed E-state index contributed by atoms with van der Waals surface area (Å²) in [4.78, 5) is 48.1. The minimum Gasteiger partial charge on any atom is -0.477 e. The monoisotopic (exact) mass is 522 g/mol. The molecule has 1 aromatic carbocycles. The van der Waals surface area contributed by atoms with Gasteiger partial charge in [-0.15, -0.1) is 11.8 Å². The molecule has 2 aliphatic rings. The molecule has 3 atom stereocenters. The molecule has 3 rings (SSSR count). The number of amides is 2. The van der Waals surface area contributed by atoms with E-state index in [4.69, 9.17) is 9.47 Å². The van der Waals surface area contributed by atoms with Gasteiger partial charge in [-0.25, -0.2) is 18.0 Å². The molecule has 2 amide bonds. The van der Waals surface area contributed by atoms with Gasteiger partial charge in [0.2, 0.25) is 5.91 Å². The summed E-state index contributed by atoms with van der Waals surface area (Å²) in [6.45, 7) is 0.772. The summed E-state index contributed by atoms with van der Waals surface area (Å²) in [5.74, 6) is -9.29. The molecule has 2 aliphatic heterocycles. The first-order chi connectivity index (χ1) is 15.9. The zero-order valence-electron chi connectivity index (χ0n) is 17.6. The summed E-state index contributed by atoms with van der Waals surface area (Å²) in [5.41, 5.74) is -2.33. The lowest BCUT2D eigenvalue weighted by molar-refractivity contribution is -0.192. The maximum atomic E-state index is 13.9. The molecule has 1 aromatic rings. The van der Waals surface area contributed by atoms with Crippen molar-refractivity contribution in [3.8, 4) is 0 Å².